The number of hydrogen-bond donors (Lipinski definition) is 3. The fraction of sp³-hybridized carbons (Fsp3) is 0.424. The molecule has 1 amide bonds. The van der Waals surface area contributed by atoms with E-state index in [0.717, 1.165) is 17.9 Å². The summed E-state index contributed by atoms with van der Waals surface area (Å²) in [6.07, 6.45) is 2.61. The molecule has 1 saturated carbocycles. The van der Waals surface area contributed by atoms with Crippen LogP contribution in [0.1, 0.15) is 62.1 Å². The molecule has 1 heterocycles. The van der Waals surface area contributed by atoms with Gasteiger partial charge in [-0.1, -0.05) is 56.4 Å². The molecule has 1 fully saturated rings. The van der Waals surface area contributed by atoms with E-state index in [2.05, 4.69) is 21.7 Å². The van der Waals surface area contributed by atoms with E-state index in [4.69, 9.17) is 0 Å². The Hall–Kier alpha value is -3.62. The average molecular weight is 693 g/mol. The zero-order chi connectivity index (χ0) is 33.8. The molecule has 47 heavy (non-hydrogen) atoms. The van der Waals surface area contributed by atoms with Gasteiger partial charge in [-0.05, 0) is 84.8 Å². The summed E-state index contributed by atoms with van der Waals surface area (Å²) in [6.45, 7) is 2.15. The molecular weight excluding hydrogens is 654 g/mol. The summed E-state index contributed by atoms with van der Waals surface area (Å²) >= 11 is 0. The lowest BCUT2D eigenvalue weighted by Gasteiger charge is -2.29. The highest BCUT2D eigenvalue weighted by atomic mass is 32.2. The molecule has 254 valence electrons. The summed E-state index contributed by atoms with van der Waals surface area (Å²) < 4.78 is 96.7. The fourth-order valence-corrected chi connectivity index (χ4v) is 8.45. The number of alkyl halides is 3. The lowest BCUT2D eigenvalue weighted by atomic mass is 9.85. The first-order valence-corrected chi connectivity index (χ1v) is 18.6. The van der Waals surface area contributed by atoms with Gasteiger partial charge < -0.3 is 10.2 Å². The number of halogens is 3. The van der Waals surface area contributed by atoms with E-state index in [1.165, 1.54) is 74.6 Å². The second-order valence-electron chi connectivity index (χ2n) is 12.3. The Morgan fingerprint density at radius 3 is 2.23 bits per heavy atom. The van der Waals surface area contributed by atoms with Crippen molar-refractivity contribution >= 4 is 37.3 Å². The standard InChI is InChI=1S/C33H39F3N4O5S2/c1-23(19-24-7-3-2-4-8-24)37-21-26-9-5-6-10-31(26)39-46(42,43)29-15-12-28(13-16-29)38-47(44,45)30-14-11-25-17-18-40(22-27(25)20-30)32(41)33(34,35)36/h5-6,9-16,20,23-24,37-39H,2-4,7-8,17-19,21-22H2,1H3/t23-/m0/s1. The number of carbonyl (C=O) groups excluding carboxylic acids is 1. The van der Waals surface area contributed by atoms with Gasteiger partial charge >= 0.3 is 12.1 Å². The topological polar surface area (TPSA) is 125 Å². The van der Waals surface area contributed by atoms with Crippen molar-refractivity contribution in [3.05, 3.63) is 83.4 Å². The molecule has 14 heteroatoms. The SMILES string of the molecule is C[C@@H](CC1CCCCC1)NCc1ccccc1NS(=O)(=O)c1ccc(NS(=O)(=O)c2ccc3c(c2)CN(C(=O)C(F)(F)F)CC3)cc1. The molecule has 0 radical (unpaired) electrons. The minimum absolute atomic E-state index is 0.0721. The molecule has 1 aliphatic heterocycles. The van der Waals surface area contributed by atoms with Crippen LogP contribution < -0.4 is 14.8 Å². The number of rotatable bonds is 11. The Morgan fingerprint density at radius 1 is 0.872 bits per heavy atom. The molecule has 3 aromatic rings. The Kier molecular flexibility index (Phi) is 10.5. The van der Waals surface area contributed by atoms with Gasteiger partial charge in [0.1, 0.15) is 0 Å². The first kappa shape index (κ1) is 34.7. The molecular formula is C33H39F3N4O5S2. The number of nitrogens with zero attached hydrogens (tertiary/aromatic N) is 1. The van der Waals surface area contributed by atoms with Gasteiger partial charge in [-0.3, -0.25) is 14.2 Å². The normalized spacial score (nSPS) is 16.7. The molecule has 0 bridgehead atoms. The molecule has 0 unspecified atom stereocenters. The Balaban J connectivity index is 1.22. The van der Waals surface area contributed by atoms with Crippen LogP contribution in [0.4, 0.5) is 24.5 Å². The number of hydrogen-bond acceptors (Lipinski definition) is 6. The molecule has 5 rings (SSSR count). The van der Waals surface area contributed by atoms with Crippen molar-refractivity contribution in [2.75, 3.05) is 16.0 Å². The lowest BCUT2D eigenvalue weighted by Crippen LogP contribution is -2.43. The van der Waals surface area contributed by atoms with Gasteiger partial charge in [0.2, 0.25) is 0 Å². The van der Waals surface area contributed by atoms with E-state index in [-0.39, 0.29) is 41.0 Å². The maximum atomic E-state index is 13.3. The summed E-state index contributed by atoms with van der Waals surface area (Å²) in [6, 6.07) is 16.7. The van der Waals surface area contributed by atoms with E-state index in [9.17, 15) is 34.8 Å². The second-order valence-corrected chi connectivity index (χ2v) is 15.7. The van der Waals surface area contributed by atoms with Crippen molar-refractivity contribution in [1.29, 1.82) is 0 Å². The third kappa shape index (κ3) is 8.85. The molecule has 1 atom stereocenters. The molecule has 2 aliphatic rings. The highest BCUT2D eigenvalue weighted by molar-refractivity contribution is 7.93. The van der Waals surface area contributed by atoms with Crippen LogP contribution in [0, 0.1) is 5.92 Å². The summed E-state index contributed by atoms with van der Waals surface area (Å²) in [5.41, 5.74) is 2.29. The highest BCUT2D eigenvalue weighted by Gasteiger charge is 2.43. The summed E-state index contributed by atoms with van der Waals surface area (Å²) in [4.78, 5) is 12.1. The van der Waals surface area contributed by atoms with Gasteiger partial charge in [-0.2, -0.15) is 13.2 Å². The number of carbonyl (C=O) groups is 1. The third-order valence-electron chi connectivity index (χ3n) is 8.76. The van der Waals surface area contributed by atoms with Crippen molar-refractivity contribution in [1.82, 2.24) is 10.2 Å². The van der Waals surface area contributed by atoms with Crippen molar-refractivity contribution in [3.8, 4) is 0 Å². The van der Waals surface area contributed by atoms with Crippen LogP contribution in [0.3, 0.4) is 0 Å². The monoisotopic (exact) mass is 692 g/mol. The Bertz CT molecular complexity index is 1790. The maximum Gasteiger partial charge on any atom is 0.471 e. The first-order chi connectivity index (χ1) is 22.2. The van der Waals surface area contributed by atoms with Crippen LogP contribution >= 0.6 is 0 Å². The van der Waals surface area contributed by atoms with Crippen LogP contribution in [-0.4, -0.2) is 46.4 Å². The van der Waals surface area contributed by atoms with Crippen LogP contribution in [0.5, 0.6) is 0 Å². The van der Waals surface area contributed by atoms with Crippen molar-refractivity contribution in [2.45, 2.75) is 87.0 Å². The molecule has 3 aromatic carbocycles. The van der Waals surface area contributed by atoms with Gasteiger partial charge in [0.25, 0.3) is 20.0 Å². The minimum atomic E-state index is -5.02. The molecule has 9 nitrogen and oxygen atoms in total. The maximum absolute atomic E-state index is 13.3. The third-order valence-corrected chi connectivity index (χ3v) is 11.5. The molecule has 1 aliphatic carbocycles. The number of sulfonamides is 2. The predicted molar refractivity (Wildman–Crippen MR) is 174 cm³/mol. The van der Waals surface area contributed by atoms with Crippen LogP contribution in [0.2, 0.25) is 0 Å². The lowest BCUT2D eigenvalue weighted by molar-refractivity contribution is -0.186. The number of amides is 1. The van der Waals surface area contributed by atoms with Gasteiger partial charge in [-0.15, -0.1) is 0 Å². The first-order valence-electron chi connectivity index (χ1n) is 15.7. The molecule has 0 saturated heterocycles. The van der Waals surface area contributed by atoms with Gasteiger partial charge in [0, 0.05) is 31.4 Å². The number of fused-ring (bicyclic) bond motifs is 1. The van der Waals surface area contributed by atoms with E-state index in [1.54, 1.807) is 12.1 Å². The molecule has 0 spiro atoms. The van der Waals surface area contributed by atoms with E-state index in [0.29, 0.717) is 28.3 Å². The quantitative estimate of drug-likeness (QED) is 0.221. The van der Waals surface area contributed by atoms with Gasteiger partial charge in [-0.25, -0.2) is 16.8 Å². The number of benzene rings is 3. The number of para-hydroxylation sites is 1. The van der Waals surface area contributed by atoms with Crippen molar-refractivity contribution in [2.24, 2.45) is 5.92 Å². The largest absolute Gasteiger partial charge is 0.471 e. The van der Waals surface area contributed by atoms with E-state index < -0.39 is 32.1 Å². The average Bonchev–Trinajstić information content (AvgIpc) is 3.03. The van der Waals surface area contributed by atoms with Gasteiger partial charge in [0.15, 0.2) is 0 Å². The smallest absolute Gasteiger partial charge is 0.330 e. The molecule has 3 N–H and O–H groups in total. The van der Waals surface area contributed by atoms with Crippen LogP contribution in [0.25, 0.3) is 0 Å². The minimum Gasteiger partial charge on any atom is -0.330 e. The molecule has 0 aromatic heterocycles. The van der Waals surface area contributed by atoms with Crippen molar-refractivity contribution < 1.29 is 34.8 Å². The summed E-state index contributed by atoms with van der Waals surface area (Å²) in [5, 5.41) is 3.52. The van der Waals surface area contributed by atoms with E-state index >= 15 is 0 Å². The zero-order valence-electron chi connectivity index (χ0n) is 26.0. The zero-order valence-corrected chi connectivity index (χ0v) is 27.6. The summed E-state index contributed by atoms with van der Waals surface area (Å²) in [7, 11) is -8.20. The highest BCUT2D eigenvalue weighted by Crippen LogP contribution is 2.29. The van der Waals surface area contributed by atoms with Crippen LogP contribution in [-0.2, 0) is 44.4 Å². The Labute approximate surface area is 274 Å². The van der Waals surface area contributed by atoms with Gasteiger partial charge in [0.05, 0.1) is 15.5 Å². The summed E-state index contributed by atoms with van der Waals surface area (Å²) in [5.74, 6) is -1.26. The fourth-order valence-electron chi connectivity index (χ4n) is 6.24. The Morgan fingerprint density at radius 2 is 1.53 bits per heavy atom. The predicted octanol–water partition coefficient (Wildman–Crippen LogP) is 6.18. The number of nitrogens with one attached hydrogen (secondary N) is 3. The van der Waals surface area contributed by atoms with Crippen LogP contribution in [0.15, 0.2) is 76.5 Å². The number of anilines is 2. The van der Waals surface area contributed by atoms with Crippen molar-refractivity contribution in [3.63, 3.8) is 0 Å². The van der Waals surface area contributed by atoms with E-state index in [1.807, 2.05) is 12.1 Å². The second kappa shape index (κ2) is 14.2.